The van der Waals surface area contributed by atoms with Crippen LogP contribution in [0.2, 0.25) is 0 Å². The number of rotatable bonds is 34. The number of ether oxygens (including phenoxy) is 2. The van der Waals surface area contributed by atoms with Gasteiger partial charge in [-0.25, -0.2) is 0 Å². The molecule has 0 rings (SSSR count). The number of carbonyl (C=O) groups is 2. The molecule has 0 fully saturated rings. The van der Waals surface area contributed by atoms with Crippen LogP contribution in [0.15, 0.2) is 24.3 Å². The predicted octanol–water partition coefficient (Wildman–Crippen LogP) is 12.0. The van der Waals surface area contributed by atoms with E-state index in [4.69, 9.17) is 9.47 Å². The Labute approximate surface area is 280 Å². The first-order valence-corrected chi connectivity index (χ1v) is 19.3. The van der Waals surface area contributed by atoms with Crippen LogP contribution in [0.1, 0.15) is 194 Å². The van der Waals surface area contributed by atoms with E-state index in [0.717, 1.165) is 51.4 Å². The fraction of sp³-hybridized carbons (Fsp3) is 0.850. The number of unbranched alkanes of at least 4 members (excludes halogenated alkanes) is 22. The molecule has 264 valence electrons. The zero-order valence-electron chi connectivity index (χ0n) is 30.5. The summed E-state index contributed by atoms with van der Waals surface area (Å²) in [5.74, 6) is -0.540. The van der Waals surface area contributed by atoms with Gasteiger partial charge in [0.2, 0.25) is 0 Å². The first kappa shape index (κ1) is 43.4. The molecule has 0 saturated heterocycles. The van der Waals surface area contributed by atoms with E-state index in [0.29, 0.717) is 19.4 Å². The standard InChI is InChI=1S/C40H75NO4/c1-5-7-9-11-13-15-17-19-21-23-25-27-29-31-33-35-38(42)44-40(37-41(3)4)45-39(43)36-34-32-30-28-26-24-22-20-18-16-14-12-10-8-6-2/h19-22,40H,5-18,23-37H2,1-4H3/b21-19-,22-20-. The third-order valence-corrected chi connectivity index (χ3v) is 8.33. The topological polar surface area (TPSA) is 55.8 Å². The molecule has 0 radical (unpaired) electrons. The summed E-state index contributed by atoms with van der Waals surface area (Å²) in [4.78, 5) is 26.7. The monoisotopic (exact) mass is 634 g/mol. The SMILES string of the molecule is CCCCCCCC/C=C\CCCCCCCC(=O)OC(CN(C)C)OC(=O)CCCCCCC/C=C\CCCCCCCC. The molecular weight excluding hydrogens is 558 g/mol. The van der Waals surface area contributed by atoms with Crippen LogP contribution in [0.25, 0.3) is 0 Å². The molecule has 0 heterocycles. The first-order valence-electron chi connectivity index (χ1n) is 19.3. The minimum atomic E-state index is -0.828. The second kappa shape index (κ2) is 35.2. The van der Waals surface area contributed by atoms with Crippen LogP contribution < -0.4 is 0 Å². The smallest absolute Gasteiger partial charge is 0.308 e. The number of hydrogen-bond acceptors (Lipinski definition) is 5. The van der Waals surface area contributed by atoms with Gasteiger partial charge in [-0.05, 0) is 78.3 Å². The maximum atomic E-state index is 12.4. The van der Waals surface area contributed by atoms with Crippen LogP contribution in [0.4, 0.5) is 0 Å². The molecule has 0 aliphatic carbocycles. The van der Waals surface area contributed by atoms with Gasteiger partial charge >= 0.3 is 11.9 Å². The van der Waals surface area contributed by atoms with Crippen molar-refractivity contribution in [3.05, 3.63) is 24.3 Å². The molecule has 0 aromatic heterocycles. The van der Waals surface area contributed by atoms with E-state index in [2.05, 4.69) is 38.2 Å². The Bertz CT molecular complexity index is 648. The summed E-state index contributed by atoms with van der Waals surface area (Å²) in [6.07, 6.45) is 41.2. The molecule has 0 aliphatic rings. The number of esters is 2. The van der Waals surface area contributed by atoms with E-state index >= 15 is 0 Å². The van der Waals surface area contributed by atoms with Crippen LogP contribution >= 0.6 is 0 Å². The van der Waals surface area contributed by atoms with Crippen LogP contribution in [-0.4, -0.2) is 43.8 Å². The third-order valence-electron chi connectivity index (χ3n) is 8.33. The Morgan fingerprint density at radius 2 is 0.756 bits per heavy atom. The van der Waals surface area contributed by atoms with E-state index in [1.807, 2.05) is 19.0 Å². The van der Waals surface area contributed by atoms with Gasteiger partial charge in [-0.2, -0.15) is 0 Å². The van der Waals surface area contributed by atoms with Crippen molar-refractivity contribution >= 4 is 11.9 Å². The van der Waals surface area contributed by atoms with Gasteiger partial charge in [-0.3, -0.25) is 9.59 Å². The number of likely N-dealkylation sites (N-methyl/N-ethyl adjacent to an activating group) is 1. The van der Waals surface area contributed by atoms with E-state index in [-0.39, 0.29) is 11.9 Å². The minimum Gasteiger partial charge on any atom is -0.424 e. The Kier molecular flexibility index (Phi) is 34.0. The quantitative estimate of drug-likeness (QED) is 0.0305. The van der Waals surface area contributed by atoms with Crippen molar-refractivity contribution in [1.29, 1.82) is 0 Å². The average molecular weight is 634 g/mol. The second-order valence-corrected chi connectivity index (χ2v) is 13.3. The van der Waals surface area contributed by atoms with Crippen LogP contribution in [0, 0.1) is 0 Å². The van der Waals surface area contributed by atoms with Gasteiger partial charge in [0.25, 0.3) is 6.29 Å². The van der Waals surface area contributed by atoms with Crippen molar-refractivity contribution in [2.45, 2.75) is 200 Å². The molecule has 0 spiro atoms. The summed E-state index contributed by atoms with van der Waals surface area (Å²) in [7, 11) is 3.78. The highest BCUT2D eigenvalue weighted by Crippen LogP contribution is 2.13. The lowest BCUT2D eigenvalue weighted by atomic mass is 10.1. The van der Waals surface area contributed by atoms with E-state index < -0.39 is 6.29 Å². The normalized spacial score (nSPS) is 11.9. The number of allylic oxidation sites excluding steroid dienone is 4. The van der Waals surface area contributed by atoms with Crippen molar-refractivity contribution in [1.82, 2.24) is 4.90 Å². The second-order valence-electron chi connectivity index (χ2n) is 13.3. The molecule has 0 aromatic rings. The lowest BCUT2D eigenvalue weighted by molar-refractivity contribution is -0.190. The van der Waals surface area contributed by atoms with Crippen molar-refractivity contribution in [3.8, 4) is 0 Å². The zero-order chi connectivity index (χ0) is 33.1. The Morgan fingerprint density at radius 1 is 0.467 bits per heavy atom. The molecular formula is C40H75NO4. The van der Waals surface area contributed by atoms with Crippen molar-refractivity contribution in [2.75, 3.05) is 20.6 Å². The highest BCUT2D eigenvalue weighted by atomic mass is 16.7. The fourth-order valence-electron chi connectivity index (χ4n) is 5.49. The first-order chi connectivity index (χ1) is 22.0. The van der Waals surface area contributed by atoms with Gasteiger partial charge in [0.15, 0.2) is 0 Å². The van der Waals surface area contributed by atoms with E-state index in [1.54, 1.807) is 0 Å². The minimum absolute atomic E-state index is 0.270. The van der Waals surface area contributed by atoms with Gasteiger partial charge in [0.05, 0.1) is 6.54 Å². The zero-order valence-corrected chi connectivity index (χ0v) is 30.5. The summed E-state index contributed by atoms with van der Waals surface area (Å²) in [5, 5.41) is 0. The number of hydrogen-bond donors (Lipinski definition) is 0. The lowest BCUT2D eigenvalue weighted by Crippen LogP contribution is -2.34. The van der Waals surface area contributed by atoms with Gasteiger partial charge < -0.3 is 14.4 Å². The van der Waals surface area contributed by atoms with Gasteiger partial charge in [-0.15, -0.1) is 0 Å². The highest BCUT2D eigenvalue weighted by Gasteiger charge is 2.19. The Morgan fingerprint density at radius 3 is 1.07 bits per heavy atom. The Hall–Kier alpha value is -1.62. The predicted molar refractivity (Wildman–Crippen MR) is 193 cm³/mol. The summed E-state index contributed by atoms with van der Waals surface area (Å²) in [6.45, 7) is 4.91. The molecule has 5 heteroatoms. The summed E-state index contributed by atoms with van der Waals surface area (Å²) < 4.78 is 11.1. The summed E-state index contributed by atoms with van der Waals surface area (Å²) >= 11 is 0. The molecule has 0 amide bonds. The molecule has 0 unspecified atom stereocenters. The molecule has 0 aromatic carbocycles. The summed E-state index contributed by atoms with van der Waals surface area (Å²) in [6, 6.07) is 0. The molecule has 0 N–H and O–H groups in total. The van der Waals surface area contributed by atoms with Crippen molar-refractivity contribution in [2.24, 2.45) is 0 Å². The van der Waals surface area contributed by atoms with Gasteiger partial charge in [0, 0.05) is 12.8 Å². The molecule has 0 saturated carbocycles. The average Bonchev–Trinajstić information content (AvgIpc) is 3.00. The number of carbonyl (C=O) groups excluding carboxylic acids is 2. The van der Waals surface area contributed by atoms with Crippen molar-refractivity contribution < 1.29 is 19.1 Å². The third kappa shape index (κ3) is 35.1. The molecule has 0 aliphatic heterocycles. The lowest BCUT2D eigenvalue weighted by Gasteiger charge is -2.21. The van der Waals surface area contributed by atoms with Gasteiger partial charge in [0.1, 0.15) is 0 Å². The molecule has 5 nitrogen and oxygen atoms in total. The van der Waals surface area contributed by atoms with E-state index in [1.165, 1.54) is 116 Å². The Balaban J connectivity index is 3.81. The largest absolute Gasteiger partial charge is 0.424 e. The molecule has 0 atom stereocenters. The van der Waals surface area contributed by atoms with Gasteiger partial charge in [-0.1, -0.05) is 141 Å². The summed E-state index contributed by atoms with van der Waals surface area (Å²) in [5.41, 5.74) is 0. The van der Waals surface area contributed by atoms with Crippen LogP contribution in [0.3, 0.4) is 0 Å². The molecule has 45 heavy (non-hydrogen) atoms. The fourth-order valence-corrected chi connectivity index (χ4v) is 5.49. The number of nitrogens with zero attached hydrogens (tertiary/aromatic N) is 1. The highest BCUT2D eigenvalue weighted by molar-refractivity contribution is 5.71. The van der Waals surface area contributed by atoms with Crippen LogP contribution in [0.5, 0.6) is 0 Å². The van der Waals surface area contributed by atoms with Crippen LogP contribution in [-0.2, 0) is 19.1 Å². The maximum absolute atomic E-state index is 12.4. The van der Waals surface area contributed by atoms with E-state index in [9.17, 15) is 9.59 Å². The maximum Gasteiger partial charge on any atom is 0.308 e. The van der Waals surface area contributed by atoms with Crippen molar-refractivity contribution in [3.63, 3.8) is 0 Å². The molecule has 0 bridgehead atoms.